The van der Waals surface area contributed by atoms with Crippen molar-refractivity contribution >= 4 is 5.97 Å². The summed E-state index contributed by atoms with van der Waals surface area (Å²) >= 11 is 0. The summed E-state index contributed by atoms with van der Waals surface area (Å²) in [6.45, 7) is 3.20. The Labute approximate surface area is 60.4 Å². The summed E-state index contributed by atoms with van der Waals surface area (Å²) in [7, 11) is 1.56. The van der Waals surface area contributed by atoms with E-state index in [4.69, 9.17) is 15.0 Å². The summed E-state index contributed by atoms with van der Waals surface area (Å²) in [4.78, 5) is 9.00. The van der Waals surface area contributed by atoms with Gasteiger partial charge in [-0.1, -0.05) is 0 Å². The van der Waals surface area contributed by atoms with E-state index < -0.39 is 5.97 Å². The summed E-state index contributed by atoms with van der Waals surface area (Å²) in [5.41, 5.74) is 0. The van der Waals surface area contributed by atoms with Crippen LogP contribution < -0.4 is 0 Å². The number of aliphatic hydroxyl groups is 1. The fraction of sp³-hybridized carbons (Fsp3) is 0.833. The topological polar surface area (TPSA) is 66.8 Å². The van der Waals surface area contributed by atoms with E-state index in [1.54, 1.807) is 14.0 Å². The van der Waals surface area contributed by atoms with Gasteiger partial charge >= 0.3 is 0 Å². The molecule has 0 spiro atoms. The van der Waals surface area contributed by atoms with Crippen molar-refractivity contribution < 1.29 is 19.7 Å². The van der Waals surface area contributed by atoms with Crippen LogP contribution in [-0.2, 0) is 9.53 Å². The Morgan fingerprint density at radius 3 is 2.00 bits per heavy atom. The molecule has 0 rings (SSSR count). The molecule has 2 N–H and O–H groups in total. The van der Waals surface area contributed by atoms with E-state index >= 15 is 0 Å². The number of hydrogen-bond donors (Lipinski definition) is 2. The number of carboxylic acids is 1. The maximum atomic E-state index is 9.00. The summed E-state index contributed by atoms with van der Waals surface area (Å²) in [6, 6.07) is 0. The van der Waals surface area contributed by atoms with Crippen LogP contribution >= 0.6 is 0 Å². The minimum atomic E-state index is -0.833. The summed E-state index contributed by atoms with van der Waals surface area (Å²) in [6.07, 6.45) is -0.324. The molecule has 0 aromatic heterocycles. The Bertz CT molecular complexity index is 75.8. The van der Waals surface area contributed by atoms with E-state index in [1.807, 2.05) is 0 Å². The van der Waals surface area contributed by atoms with Gasteiger partial charge in [0.1, 0.15) is 0 Å². The van der Waals surface area contributed by atoms with Crippen LogP contribution in [0.5, 0.6) is 0 Å². The van der Waals surface area contributed by atoms with E-state index in [2.05, 4.69) is 4.74 Å². The molecule has 4 nitrogen and oxygen atoms in total. The molecule has 0 aliphatic rings. The standard InChI is InChI=1S/C4H10O2.C2H4O2/c1-4(5)3-6-2;1-2(3)4/h4-5H,3H2,1-2H3;1H3,(H,3,4)/t4-;/m1./s1. The van der Waals surface area contributed by atoms with Crippen LogP contribution in [-0.4, -0.2) is 36.0 Å². The van der Waals surface area contributed by atoms with E-state index in [1.165, 1.54) is 0 Å². The number of hydrogen-bond acceptors (Lipinski definition) is 3. The van der Waals surface area contributed by atoms with Gasteiger partial charge in [0.05, 0.1) is 12.7 Å². The van der Waals surface area contributed by atoms with Crippen LogP contribution in [0.25, 0.3) is 0 Å². The summed E-state index contributed by atoms with van der Waals surface area (Å²) in [5.74, 6) is -0.833. The zero-order valence-corrected chi connectivity index (χ0v) is 6.50. The third-order valence-electron chi connectivity index (χ3n) is 0.408. The highest BCUT2D eigenvalue weighted by atomic mass is 16.5. The molecule has 10 heavy (non-hydrogen) atoms. The first-order valence-electron chi connectivity index (χ1n) is 2.87. The number of carboxylic acid groups (broad SMARTS) is 1. The second-order valence-corrected chi connectivity index (χ2v) is 1.82. The summed E-state index contributed by atoms with van der Waals surface area (Å²) in [5, 5.41) is 15.8. The van der Waals surface area contributed by atoms with Gasteiger partial charge in [-0.05, 0) is 6.92 Å². The first-order chi connectivity index (χ1) is 4.50. The van der Waals surface area contributed by atoms with E-state index in [9.17, 15) is 0 Å². The molecule has 0 saturated carbocycles. The van der Waals surface area contributed by atoms with Crippen molar-refractivity contribution in [3.8, 4) is 0 Å². The fourth-order valence-electron chi connectivity index (χ4n) is 0.241. The van der Waals surface area contributed by atoms with Crippen molar-refractivity contribution in [2.45, 2.75) is 20.0 Å². The molecule has 0 heterocycles. The molecule has 0 aromatic rings. The van der Waals surface area contributed by atoms with Gasteiger partial charge in [-0.2, -0.15) is 0 Å². The number of ether oxygens (including phenoxy) is 1. The fourth-order valence-corrected chi connectivity index (χ4v) is 0.241. The maximum Gasteiger partial charge on any atom is 0.300 e. The van der Waals surface area contributed by atoms with Crippen LogP contribution in [0.3, 0.4) is 0 Å². The molecule has 0 unspecified atom stereocenters. The highest BCUT2D eigenvalue weighted by Gasteiger charge is 1.87. The molecule has 62 valence electrons. The number of carbonyl (C=O) groups is 1. The molecule has 0 radical (unpaired) electrons. The Kier molecular flexibility index (Phi) is 10.2. The van der Waals surface area contributed by atoms with Crippen molar-refractivity contribution in [2.24, 2.45) is 0 Å². The van der Waals surface area contributed by atoms with Crippen LogP contribution in [0.2, 0.25) is 0 Å². The molecular formula is C6H14O4. The molecule has 0 fully saturated rings. The van der Waals surface area contributed by atoms with Crippen molar-refractivity contribution in [3.05, 3.63) is 0 Å². The van der Waals surface area contributed by atoms with Crippen molar-refractivity contribution in [3.63, 3.8) is 0 Å². The molecule has 0 amide bonds. The molecular weight excluding hydrogens is 136 g/mol. The lowest BCUT2D eigenvalue weighted by molar-refractivity contribution is -0.134. The van der Waals surface area contributed by atoms with Gasteiger partial charge in [0.25, 0.3) is 5.97 Å². The molecule has 0 bridgehead atoms. The molecule has 0 aromatic carbocycles. The average Bonchev–Trinajstić information content (AvgIpc) is 1.62. The Hall–Kier alpha value is -0.610. The smallest absolute Gasteiger partial charge is 0.300 e. The maximum absolute atomic E-state index is 9.00. The molecule has 4 heteroatoms. The average molecular weight is 150 g/mol. The Morgan fingerprint density at radius 1 is 1.70 bits per heavy atom. The number of methoxy groups -OCH3 is 1. The van der Waals surface area contributed by atoms with Crippen LogP contribution in [0.1, 0.15) is 13.8 Å². The van der Waals surface area contributed by atoms with Gasteiger partial charge in [-0.25, -0.2) is 0 Å². The quantitative estimate of drug-likeness (QED) is 0.586. The lowest BCUT2D eigenvalue weighted by Gasteiger charge is -1.97. The normalized spacial score (nSPS) is 11.2. The predicted molar refractivity (Wildman–Crippen MR) is 36.9 cm³/mol. The van der Waals surface area contributed by atoms with Gasteiger partial charge in [0, 0.05) is 14.0 Å². The van der Waals surface area contributed by atoms with E-state index in [-0.39, 0.29) is 6.10 Å². The first-order valence-corrected chi connectivity index (χ1v) is 2.87. The third kappa shape index (κ3) is 52.8. The van der Waals surface area contributed by atoms with Crippen LogP contribution in [0, 0.1) is 0 Å². The van der Waals surface area contributed by atoms with Gasteiger partial charge in [-0.15, -0.1) is 0 Å². The Morgan fingerprint density at radius 2 is 2.00 bits per heavy atom. The van der Waals surface area contributed by atoms with Gasteiger partial charge < -0.3 is 14.9 Å². The van der Waals surface area contributed by atoms with Gasteiger partial charge in [0.2, 0.25) is 0 Å². The largest absolute Gasteiger partial charge is 0.481 e. The lowest BCUT2D eigenvalue weighted by atomic mass is 10.5. The van der Waals surface area contributed by atoms with Crippen molar-refractivity contribution in [1.82, 2.24) is 0 Å². The zero-order chi connectivity index (χ0) is 8.57. The van der Waals surface area contributed by atoms with Crippen molar-refractivity contribution in [1.29, 1.82) is 0 Å². The van der Waals surface area contributed by atoms with Gasteiger partial charge in [-0.3, -0.25) is 4.79 Å². The van der Waals surface area contributed by atoms with Crippen LogP contribution in [0.4, 0.5) is 0 Å². The molecule has 1 atom stereocenters. The third-order valence-corrected chi connectivity index (χ3v) is 0.408. The van der Waals surface area contributed by atoms with Crippen LogP contribution in [0.15, 0.2) is 0 Å². The van der Waals surface area contributed by atoms with Crippen molar-refractivity contribution in [2.75, 3.05) is 13.7 Å². The SMILES string of the molecule is CC(=O)O.COC[C@@H](C)O. The summed E-state index contributed by atoms with van der Waals surface area (Å²) < 4.78 is 4.55. The zero-order valence-electron chi connectivity index (χ0n) is 6.50. The number of rotatable bonds is 2. The minimum absolute atomic E-state index is 0.324. The second kappa shape index (κ2) is 8.39. The highest BCUT2D eigenvalue weighted by Crippen LogP contribution is 1.75. The highest BCUT2D eigenvalue weighted by molar-refractivity contribution is 5.62. The van der Waals surface area contributed by atoms with E-state index in [0.29, 0.717) is 6.61 Å². The second-order valence-electron chi connectivity index (χ2n) is 1.82. The first kappa shape index (κ1) is 12.1. The lowest BCUT2D eigenvalue weighted by Crippen LogP contribution is -2.07. The Balaban J connectivity index is 0. The van der Waals surface area contributed by atoms with Gasteiger partial charge in [0.15, 0.2) is 0 Å². The van der Waals surface area contributed by atoms with E-state index in [0.717, 1.165) is 6.92 Å². The number of aliphatic hydroxyl groups excluding tert-OH is 1. The molecule has 0 aliphatic heterocycles. The molecule has 0 aliphatic carbocycles. The monoisotopic (exact) mass is 150 g/mol. The number of aliphatic carboxylic acids is 1. The predicted octanol–water partition coefficient (Wildman–Crippen LogP) is 0.104. The molecule has 0 saturated heterocycles. The minimum Gasteiger partial charge on any atom is -0.481 e.